The van der Waals surface area contributed by atoms with Crippen LogP contribution in [0.5, 0.6) is 5.75 Å². The van der Waals surface area contributed by atoms with Gasteiger partial charge in [0.2, 0.25) is 5.96 Å². The van der Waals surface area contributed by atoms with Gasteiger partial charge in [-0.05, 0) is 37.1 Å². The van der Waals surface area contributed by atoms with Gasteiger partial charge in [-0.25, -0.2) is 10.8 Å². The number of rotatable bonds is 3. The first-order valence-corrected chi connectivity index (χ1v) is 6.63. The number of hydrogen-bond acceptors (Lipinski definition) is 3. The van der Waals surface area contributed by atoms with Crippen molar-refractivity contribution in [2.75, 3.05) is 5.32 Å². The molecule has 0 spiro atoms. The summed E-state index contributed by atoms with van der Waals surface area (Å²) in [4.78, 5) is 4.43. The predicted molar refractivity (Wildman–Crippen MR) is 73.8 cm³/mol. The SMILES string of the molecule is NNC(=NC1CCCC1)Nc1ccc(OC(F)(F)F)cc1. The zero-order valence-electron chi connectivity index (χ0n) is 11.3. The van der Waals surface area contributed by atoms with E-state index in [2.05, 4.69) is 20.5 Å². The maximum Gasteiger partial charge on any atom is 0.573 e. The van der Waals surface area contributed by atoms with E-state index in [1.54, 1.807) is 0 Å². The van der Waals surface area contributed by atoms with Crippen molar-refractivity contribution in [3.05, 3.63) is 24.3 Å². The first-order valence-electron chi connectivity index (χ1n) is 6.63. The fourth-order valence-electron chi connectivity index (χ4n) is 2.20. The molecular formula is C13H17F3N4O. The molecule has 4 N–H and O–H groups in total. The number of benzene rings is 1. The molecule has 21 heavy (non-hydrogen) atoms. The van der Waals surface area contributed by atoms with E-state index in [0.29, 0.717) is 11.6 Å². The molecule has 1 aromatic carbocycles. The second-order valence-electron chi connectivity index (χ2n) is 4.76. The Morgan fingerprint density at radius 2 is 1.81 bits per heavy atom. The molecule has 0 amide bonds. The van der Waals surface area contributed by atoms with Gasteiger partial charge in [-0.15, -0.1) is 13.2 Å². The van der Waals surface area contributed by atoms with Crippen LogP contribution < -0.4 is 21.3 Å². The molecule has 0 aromatic heterocycles. The molecule has 5 nitrogen and oxygen atoms in total. The van der Waals surface area contributed by atoms with Crippen LogP contribution in [0.1, 0.15) is 25.7 Å². The Bertz CT molecular complexity index is 481. The van der Waals surface area contributed by atoms with Crippen LogP contribution in [-0.4, -0.2) is 18.4 Å². The Hall–Kier alpha value is -1.96. The third kappa shape index (κ3) is 5.14. The van der Waals surface area contributed by atoms with Crippen molar-refractivity contribution in [3.63, 3.8) is 0 Å². The van der Waals surface area contributed by atoms with Crippen molar-refractivity contribution in [1.82, 2.24) is 5.43 Å². The number of aliphatic imine (C=N–C) groups is 1. The van der Waals surface area contributed by atoms with E-state index in [1.807, 2.05) is 0 Å². The average molecular weight is 302 g/mol. The standard InChI is InChI=1S/C13H17F3N4O/c14-13(15,16)21-11-7-5-10(6-8-11)19-12(20-17)18-9-3-1-2-4-9/h5-9H,1-4,17H2,(H2,18,19,20). The van der Waals surface area contributed by atoms with Crippen LogP contribution in [-0.2, 0) is 0 Å². The summed E-state index contributed by atoms with van der Waals surface area (Å²) in [6.45, 7) is 0. The molecule has 1 fully saturated rings. The van der Waals surface area contributed by atoms with Gasteiger partial charge in [0, 0.05) is 5.69 Å². The molecule has 116 valence electrons. The van der Waals surface area contributed by atoms with E-state index >= 15 is 0 Å². The third-order valence-electron chi connectivity index (χ3n) is 3.12. The van der Waals surface area contributed by atoms with E-state index in [9.17, 15) is 13.2 Å². The van der Waals surface area contributed by atoms with Gasteiger partial charge in [-0.2, -0.15) is 0 Å². The Labute approximate surface area is 120 Å². The molecular weight excluding hydrogens is 285 g/mol. The molecule has 0 saturated heterocycles. The molecule has 8 heteroatoms. The Morgan fingerprint density at radius 1 is 1.19 bits per heavy atom. The second-order valence-corrected chi connectivity index (χ2v) is 4.76. The highest BCUT2D eigenvalue weighted by atomic mass is 19.4. The number of nitrogens with two attached hydrogens (primary N) is 1. The van der Waals surface area contributed by atoms with Crippen LogP contribution in [0, 0.1) is 0 Å². The van der Waals surface area contributed by atoms with Gasteiger partial charge in [0.15, 0.2) is 0 Å². The number of nitrogens with one attached hydrogen (secondary N) is 2. The fraction of sp³-hybridized carbons (Fsp3) is 0.462. The second kappa shape index (κ2) is 6.66. The van der Waals surface area contributed by atoms with E-state index in [-0.39, 0.29) is 11.8 Å². The molecule has 1 aliphatic carbocycles. The zero-order valence-corrected chi connectivity index (χ0v) is 11.3. The van der Waals surface area contributed by atoms with E-state index in [1.165, 1.54) is 24.3 Å². The molecule has 0 radical (unpaired) electrons. The smallest absolute Gasteiger partial charge is 0.406 e. The number of hydrazine groups is 1. The summed E-state index contributed by atoms with van der Waals surface area (Å²) in [6.07, 6.45) is -0.357. The Morgan fingerprint density at radius 3 is 2.33 bits per heavy atom. The van der Waals surface area contributed by atoms with Crippen molar-refractivity contribution in [2.24, 2.45) is 10.8 Å². The summed E-state index contributed by atoms with van der Waals surface area (Å²) in [7, 11) is 0. The maximum absolute atomic E-state index is 12.1. The topological polar surface area (TPSA) is 71.7 Å². The van der Waals surface area contributed by atoms with Crippen LogP contribution in [0.25, 0.3) is 0 Å². The molecule has 0 bridgehead atoms. The van der Waals surface area contributed by atoms with Crippen molar-refractivity contribution in [3.8, 4) is 5.75 Å². The minimum Gasteiger partial charge on any atom is -0.406 e. The molecule has 1 aliphatic rings. The molecule has 1 saturated carbocycles. The quantitative estimate of drug-likeness (QED) is 0.347. The summed E-state index contributed by atoms with van der Waals surface area (Å²) in [6, 6.07) is 5.60. The lowest BCUT2D eigenvalue weighted by Gasteiger charge is -2.13. The van der Waals surface area contributed by atoms with E-state index < -0.39 is 6.36 Å². The molecule has 0 unspecified atom stereocenters. The van der Waals surface area contributed by atoms with Gasteiger partial charge in [0.25, 0.3) is 0 Å². The Kier molecular flexibility index (Phi) is 4.89. The number of guanidine groups is 1. The van der Waals surface area contributed by atoms with Gasteiger partial charge in [0.1, 0.15) is 5.75 Å². The third-order valence-corrected chi connectivity index (χ3v) is 3.12. The molecule has 2 rings (SSSR count). The van der Waals surface area contributed by atoms with Crippen LogP contribution in [0.2, 0.25) is 0 Å². The van der Waals surface area contributed by atoms with Crippen LogP contribution in [0.4, 0.5) is 18.9 Å². The minimum absolute atomic E-state index is 0.233. The number of anilines is 1. The number of nitrogens with zero attached hydrogens (tertiary/aromatic N) is 1. The highest BCUT2D eigenvalue weighted by molar-refractivity contribution is 5.93. The lowest BCUT2D eigenvalue weighted by molar-refractivity contribution is -0.274. The summed E-state index contributed by atoms with van der Waals surface area (Å²) >= 11 is 0. The number of alkyl halides is 3. The molecule has 0 aliphatic heterocycles. The summed E-state index contributed by atoms with van der Waals surface area (Å²) in [5.74, 6) is 5.51. The fourth-order valence-corrected chi connectivity index (χ4v) is 2.20. The maximum atomic E-state index is 12.1. The van der Waals surface area contributed by atoms with Crippen molar-refractivity contribution in [1.29, 1.82) is 0 Å². The largest absolute Gasteiger partial charge is 0.573 e. The summed E-state index contributed by atoms with van der Waals surface area (Å²) in [5.41, 5.74) is 3.03. The van der Waals surface area contributed by atoms with Crippen LogP contribution in [0.3, 0.4) is 0 Å². The number of hydrogen-bond donors (Lipinski definition) is 3. The first kappa shape index (κ1) is 15.4. The van der Waals surface area contributed by atoms with E-state index in [0.717, 1.165) is 25.7 Å². The minimum atomic E-state index is -4.69. The van der Waals surface area contributed by atoms with Gasteiger partial charge < -0.3 is 10.1 Å². The van der Waals surface area contributed by atoms with Crippen molar-refractivity contribution < 1.29 is 17.9 Å². The number of halogens is 3. The molecule has 0 heterocycles. The first-order chi connectivity index (χ1) is 9.96. The van der Waals surface area contributed by atoms with Crippen molar-refractivity contribution >= 4 is 11.6 Å². The summed E-state index contributed by atoms with van der Waals surface area (Å²) < 4.78 is 39.9. The zero-order chi connectivity index (χ0) is 15.3. The highest BCUT2D eigenvalue weighted by Crippen LogP contribution is 2.24. The lowest BCUT2D eigenvalue weighted by Crippen LogP contribution is -2.37. The average Bonchev–Trinajstić information content (AvgIpc) is 2.91. The van der Waals surface area contributed by atoms with Gasteiger partial charge in [-0.1, -0.05) is 12.8 Å². The van der Waals surface area contributed by atoms with E-state index in [4.69, 9.17) is 5.84 Å². The number of ether oxygens (including phenoxy) is 1. The predicted octanol–water partition coefficient (Wildman–Crippen LogP) is 2.76. The van der Waals surface area contributed by atoms with Crippen LogP contribution in [0.15, 0.2) is 29.3 Å². The lowest BCUT2D eigenvalue weighted by atomic mass is 10.3. The Balaban J connectivity index is 1.98. The van der Waals surface area contributed by atoms with Crippen molar-refractivity contribution in [2.45, 2.75) is 38.1 Å². The molecule has 1 aromatic rings. The highest BCUT2D eigenvalue weighted by Gasteiger charge is 2.30. The summed E-state index contributed by atoms with van der Waals surface area (Å²) in [5, 5.41) is 2.92. The monoisotopic (exact) mass is 302 g/mol. The van der Waals surface area contributed by atoms with Gasteiger partial charge in [-0.3, -0.25) is 5.43 Å². The van der Waals surface area contributed by atoms with Gasteiger partial charge in [0.05, 0.1) is 6.04 Å². The molecule has 0 atom stereocenters. The van der Waals surface area contributed by atoms with Crippen LogP contribution >= 0.6 is 0 Å². The van der Waals surface area contributed by atoms with Gasteiger partial charge >= 0.3 is 6.36 Å². The normalized spacial score (nSPS) is 16.9.